The van der Waals surface area contributed by atoms with Crippen LogP contribution in [-0.4, -0.2) is 21.5 Å². The highest BCUT2D eigenvalue weighted by atomic mass is 127. The zero-order valence-electron chi connectivity index (χ0n) is 21.1. The van der Waals surface area contributed by atoms with Gasteiger partial charge in [0.1, 0.15) is 23.8 Å². The van der Waals surface area contributed by atoms with Gasteiger partial charge in [0.25, 0.3) is 0 Å². The summed E-state index contributed by atoms with van der Waals surface area (Å²) < 4.78 is 15.2. The molecule has 5 nitrogen and oxygen atoms in total. The zero-order valence-corrected chi connectivity index (χ0v) is 23.2. The van der Waals surface area contributed by atoms with Crippen LogP contribution in [0.15, 0.2) is 61.1 Å². The number of anilines is 2. The fourth-order valence-corrected chi connectivity index (χ4v) is 5.58. The highest BCUT2D eigenvalue weighted by Crippen LogP contribution is 2.31. The number of unbranched alkanes of at least 4 members (excludes halogenated alkanes) is 2. The number of H-pyrrole nitrogens is 1. The Kier molecular flexibility index (Phi) is 9.18. The molecule has 2 unspecified atom stereocenters. The SMILES string of the molecule is C=CC1C=CC(Nc2cc(NCCc3c(C)[nH]c4c(F)ccc(CI)c34)ncn2)=CC1CCCCC. The minimum absolute atomic E-state index is 0.203. The first-order valence-electron chi connectivity index (χ1n) is 12.7. The molecule has 0 saturated heterocycles. The number of halogens is 2. The molecule has 2 atom stereocenters. The van der Waals surface area contributed by atoms with Crippen molar-refractivity contribution in [2.45, 2.75) is 50.4 Å². The van der Waals surface area contributed by atoms with Crippen LogP contribution in [-0.2, 0) is 10.8 Å². The number of hydrogen-bond acceptors (Lipinski definition) is 4. The van der Waals surface area contributed by atoms with Crippen LogP contribution < -0.4 is 10.6 Å². The van der Waals surface area contributed by atoms with E-state index < -0.39 is 0 Å². The van der Waals surface area contributed by atoms with Crippen LogP contribution in [0.2, 0.25) is 0 Å². The maximum absolute atomic E-state index is 14.4. The van der Waals surface area contributed by atoms with Gasteiger partial charge in [0.05, 0.1) is 5.52 Å². The van der Waals surface area contributed by atoms with E-state index >= 15 is 0 Å². The summed E-state index contributed by atoms with van der Waals surface area (Å²) in [5.41, 5.74) is 4.97. The van der Waals surface area contributed by atoms with Crippen LogP contribution in [0.4, 0.5) is 16.0 Å². The van der Waals surface area contributed by atoms with Crippen molar-refractivity contribution in [1.82, 2.24) is 15.0 Å². The highest BCUT2D eigenvalue weighted by Gasteiger charge is 2.19. The third-order valence-electron chi connectivity index (χ3n) is 6.87. The van der Waals surface area contributed by atoms with Crippen molar-refractivity contribution in [2.75, 3.05) is 17.2 Å². The Morgan fingerprint density at radius 2 is 2.06 bits per heavy atom. The first-order valence-corrected chi connectivity index (χ1v) is 14.3. The standard InChI is InChI=1S/C29H35FIN5/c1-4-6-7-8-21-15-23(11-9-20(21)5-2)36-27-16-26(33-18-34-27)32-14-13-24-19(3)35-29-25(30)12-10-22(17-31)28(24)29/h5,9-12,15-16,18,20-21,35H,2,4,6-8,13-14,17H2,1,3H3,(H2,32,33,34,36). The summed E-state index contributed by atoms with van der Waals surface area (Å²) in [5, 5.41) is 7.87. The van der Waals surface area contributed by atoms with Gasteiger partial charge in [-0.2, -0.15) is 0 Å². The average molecular weight is 600 g/mol. The van der Waals surface area contributed by atoms with Gasteiger partial charge in [-0.1, -0.05) is 73.1 Å². The first-order chi connectivity index (χ1) is 17.5. The highest BCUT2D eigenvalue weighted by molar-refractivity contribution is 14.1. The lowest BCUT2D eigenvalue weighted by Gasteiger charge is -2.24. The van der Waals surface area contributed by atoms with Crippen LogP contribution in [0.5, 0.6) is 0 Å². The van der Waals surface area contributed by atoms with Gasteiger partial charge in [0.2, 0.25) is 0 Å². The molecule has 0 bridgehead atoms. The molecule has 0 radical (unpaired) electrons. The van der Waals surface area contributed by atoms with E-state index in [2.05, 4.69) is 79.9 Å². The van der Waals surface area contributed by atoms with Crippen molar-refractivity contribution in [3.8, 4) is 0 Å². The second-order valence-electron chi connectivity index (χ2n) is 9.36. The van der Waals surface area contributed by atoms with Crippen LogP contribution in [0, 0.1) is 24.6 Å². The van der Waals surface area contributed by atoms with Crippen molar-refractivity contribution in [3.63, 3.8) is 0 Å². The number of nitrogens with one attached hydrogen (secondary N) is 3. The van der Waals surface area contributed by atoms with Crippen molar-refractivity contribution in [2.24, 2.45) is 11.8 Å². The van der Waals surface area contributed by atoms with Crippen molar-refractivity contribution < 1.29 is 4.39 Å². The molecule has 2 aromatic heterocycles. The molecule has 2 heterocycles. The molecule has 4 rings (SSSR count). The van der Waals surface area contributed by atoms with Crippen molar-refractivity contribution in [3.05, 3.63) is 83.7 Å². The van der Waals surface area contributed by atoms with E-state index in [1.807, 2.05) is 25.1 Å². The lowest BCUT2D eigenvalue weighted by Crippen LogP contribution is -2.15. The molecule has 0 spiro atoms. The molecule has 0 amide bonds. The van der Waals surface area contributed by atoms with E-state index in [9.17, 15) is 4.39 Å². The molecule has 3 aromatic rings. The summed E-state index contributed by atoms with van der Waals surface area (Å²) >= 11 is 2.33. The molecular formula is C29H35FIN5. The normalized spacial score (nSPS) is 17.3. The summed E-state index contributed by atoms with van der Waals surface area (Å²) in [6.45, 7) is 8.95. The van der Waals surface area contributed by atoms with Crippen LogP contribution >= 0.6 is 22.6 Å². The zero-order chi connectivity index (χ0) is 25.5. The molecule has 0 saturated carbocycles. The number of nitrogens with zero attached hydrogens (tertiary/aromatic N) is 2. The molecule has 3 N–H and O–H groups in total. The average Bonchev–Trinajstić information content (AvgIpc) is 3.22. The number of aromatic nitrogens is 3. The molecule has 1 aliphatic carbocycles. The van der Waals surface area contributed by atoms with Crippen molar-refractivity contribution >= 4 is 45.1 Å². The van der Waals surface area contributed by atoms with E-state index in [-0.39, 0.29) is 5.82 Å². The summed E-state index contributed by atoms with van der Waals surface area (Å²) in [5.74, 6) is 2.15. The number of alkyl halides is 1. The molecular weight excluding hydrogens is 564 g/mol. The first kappa shape index (κ1) is 26.4. The second-order valence-corrected chi connectivity index (χ2v) is 10.1. The number of fused-ring (bicyclic) bond motifs is 1. The van der Waals surface area contributed by atoms with Gasteiger partial charge in [0, 0.05) is 39.7 Å². The number of aromatic amines is 1. The molecule has 0 aliphatic heterocycles. The fourth-order valence-electron chi connectivity index (χ4n) is 4.94. The molecule has 0 fully saturated rings. The van der Waals surface area contributed by atoms with Crippen LogP contribution in [0.3, 0.4) is 0 Å². The van der Waals surface area contributed by atoms with Gasteiger partial charge in [0.15, 0.2) is 0 Å². The fraction of sp³-hybridized carbons (Fsp3) is 0.379. The summed E-state index contributed by atoms with van der Waals surface area (Å²) in [7, 11) is 0. The lowest BCUT2D eigenvalue weighted by atomic mass is 9.84. The summed E-state index contributed by atoms with van der Waals surface area (Å²) in [6, 6.07) is 5.36. The van der Waals surface area contributed by atoms with E-state index in [1.54, 1.807) is 12.4 Å². The van der Waals surface area contributed by atoms with Crippen LogP contribution in [0.1, 0.15) is 49.4 Å². The Labute approximate surface area is 226 Å². The molecule has 190 valence electrons. The second kappa shape index (κ2) is 12.5. The van der Waals surface area contributed by atoms with Gasteiger partial charge in [-0.3, -0.25) is 0 Å². The van der Waals surface area contributed by atoms with E-state index in [4.69, 9.17) is 0 Å². The molecule has 1 aliphatic rings. The Morgan fingerprint density at radius 3 is 2.83 bits per heavy atom. The summed E-state index contributed by atoms with van der Waals surface area (Å²) in [6.07, 6.45) is 15.9. The largest absolute Gasteiger partial charge is 0.370 e. The van der Waals surface area contributed by atoms with Crippen molar-refractivity contribution in [1.29, 1.82) is 0 Å². The Bertz CT molecular complexity index is 1260. The van der Waals surface area contributed by atoms with E-state index in [0.29, 0.717) is 23.9 Å². The van der Waals surface area contributed by atoms with Gasteiger partial charge in [-0.15, -0.1) is 6.58 Å². The number of rotatable bonds is 12. The van der Waals surface area contributed by atoms with E-state index in [0.717, 1.165) is 56.8 Å². The topological polar surface area (TPSA) is 65.6 Å². The third-order valence-corrected chi connectivity index (χ3v) is 7.69. The maximum atomic E-state index is 14.4. The minimum Gasteiger partial charge on any atom is -0.370 e. The quantitative estimate of drug-likeness (QED) is 0.0859. The Hall–Kier alpha value is -2.68. The molecule has 1 aromatic carbocycles. The van der Waals surface area contributed by atoms with Crippen LogP contribution in [0.25, 0.3) is 10.9 Å². The van der Waals surface area contributed by atoms with Gasteiger partial charge in [-0.05, 0) is 49.0 Å². The Balaban J connectivity index is 1.41. The predicted octanol–water partition coefficient (Wildman–Crippen LogP) is 7.86. The minimum atomic E-state index is -0.203. The van der Waals surface area contributed by atoms with Gasteiger partial charge < -0.3 is 15.6 Å². The number of benzene rings is 1. The molecule has 7 heteroatoms. The number of allylic oxidation sites excluding steroid dienone is 4. The predicted molar refractivity (Wildman–Crippen MR) is 157 cm³/mol. The molecule has 36 heavy (non-hydrogen) atoms. The Morgan fingerprint density at radius 1 is 1.22 bits per heavy atom. The smallest absolute Gasteiger partial charge is 0.147 e. The number of aryl methyl sites for hydroxylation is 1. The monoisotopic (exact) mass is 599 g/mol. The third kappa shape index (κ3) is 6.17. The lowest BCUT2D eigenvalue weighted by molar-refractivity contribution is 0.476. The number of hydrogen-bond donors (Lipinski definition) is 3. The van der Waals surface area contributed by atoms with Gasteiger partial charge in [-0.25, -0.2) is 14.4 Å². The maximum Gasteiger partial charge on any atom is 0.147 e. The van der Waals surface area contributed by atoms with Gasteiger partial charge >= 0.3 is 0 Å². The van der Waals surface area contributed by atoms with E-state index in [1.165, 1.54) is 19.3 Å². The summed E-state index contributed by atoms with van der Waals surface area (Å²) in [4.78, 5) is 12.0.